The molecule has 1 heterocycles. The largest absolute Gasteiger partial charge is 0.494 e. The molecule has 0 spiro atoms. The molecule has 1 aliphatic heterocycles. The van der Waals surface area contributed by atoms with Crippen LogP contribution in [0.25, 0.3) is 0 Å². The number of ether oxygens (including phenoxy) is 1. The Kier molecular flexibility index (Phi) is 7.50. The minimum absolute atomic E-state index is 0.810. The summed E-state index contributed by atoms with van der Waals surface area (Å²) in [6, 6.07) is 5.98. The average molecular weight is 327 g/mol. The number of aryl methyl sites for hydroxylation is 1. The highest BCUT2D eigenvalue weighted by molar-refractivity contribution is 6.31. The molecule has 0 unspecified atom stereocenters. The van der Waals surface area contributed by atoms with E-state index in [1.807, 2.05) is 12.1 Å². The van der Waals surface area contributed by atoms with Gasteiger partial charge >= 0.3 is 0 Å². The van der Waals surface area contributed by atoms with Gasteiger partial charge < -0.3 is 14.5 Å². The topological polar surface area (TPSA) is 18.1 Å². The Morgan fingerprint density at radius 2 is 1.77 bits per heavy atom. The number of benzene rings is 1. The molecule has 1 aliphatic rings. The third kappa shape index (κ3) is 5.45. The molecule has 0 bridgehead atoms. The highest BCUT2D eigenvalue weighted by atomic mass is 35.5. The van der Waals surface area contributed by atoms with Crippen molar-refractivity contribution in [2.45, 2.75) is 33.1 Å². The lowest BCUT2D eigenvalue weighted by Crippen LogP contribution is -3.28. The Balaban J connectivity index is 1.60. The van der Waals surface area contributed by atoms with Crippen LogP contribution in [0.4, 0.5) is 0 Å². The van der Waals surface area contributed by atoms with Crippen molar-refractivity contribution in [3.63, 3.8) is 0 Å². The van der Waals surface area contributed by atoms with Crippen LogP contribution in [0, 0.1) is 0 Å². The first kappa shape index (κ1) is 17.6. The fourth-order valence-electron chi connectivity index (χ4n) is 3.14. The van der Waals surface area contributed by atoms with Gasteiger partial charge in [-0.15, -0.1) is 0 Å². The first-order valence-corrected chi connectivity index (χ1v) is 9.19. The summed E-state index contributed by atoms with van der Waals surface area (Å²) in [6.45, 7) is 13.1. The molecule has 1 fully saturated rings. The molecule has 2 N–H and O–H groups in total. The van der Waals surface area contributed by atoms with E-state index in [4.69, 9.17) is 16.3 Å². The predicted octanol–water partition coefficient (Wildman–Crippen LogP) is 0.865. The predicted molar refractivity (Wildman–Crippen MR) is 92.4 cm³/mol. The SMILES string of the molecule is CCc1cc(OCCCC[NH+]2CC[NH+](CC)CC2)ccc1Cl. The van der Waals surface area contributed by atoms with Crippen LogP contribution in [0.1, 0.15) is 32.3 Å². The molecule has 124 valence electrons. The summed E-state index contributed by atoms with van der Waals surface area (Å²) < 4.78 is 5.86. The number of hydrogen-bond donors (Lipinski definition) is 2. The van der Waals surface area contributed by atoms with Crippen molar-refractivity contribution in [1.82, 2.24) is 0 Å². The number of nitrogens with one attached hydrogen (secondary N) is 2. The van der Waals surface area contributed by atoms with Gasteiger partial charge in [-0.1, -0.05) is 18.5 Å². The van der Waals surface area contributed by atoms with Gasteiger partial charge in [-0.05, 0) is 49.9 Å². The number of quaternary nitrogens is 2. The Hall–Kier alpha value is -0.770. The molecule has 22 heavy (non-hydrogen) atoms. The van der Waals surface area contributed by atoms with Crippen LogP contribution in [0.2, 0.25) is 5.02 Å². The third-order valence-corrected chi connectivity index (χ3v) is 5.12. The van der Waals surface area contributed by atoms with Crippen molar-refractivity contribution in [2.24, 2.45) is 0 Å². The first-order valence-electron chi connectivity index (χ1n) is 8.81. The zero-order chi connectivity index (χ0) is 15.8. The van der Waals surface area contributed by atoms with Crippen LogP contribution in [-0.4, -0.2) is 45.9 Å². The number of unbranched alkanes of at least 4 members (excludes halogenated alkanes) is 1. The lowest BCUT2D eigenvalue weighted by molar-refractivity contribution is -1.01. The normalized spacial score (nSPS) is 21.8. The quantitative estimate of drug-likeness (QED) is 0.678. The van der Waals surface area contributed by atoms with Gasteiger partial charge in [-0.2, -0.15) is 0 Å². The molecular formula is C18H31ClN2O+2. The van der Waals surface area contributed by atoms with E-state index in [9.17, 15) is 0 Å². The van der Waals surface area contributed by atoms with Crippen LogP contribution < -0.4 is 14.5 Å². The van der Waals surface area contributed by atoms with Crippen LogP contribution in [0.5, 0.6) is 5.75 Å². The second-order valence-electron chi connectivity index (χ2n) is 6.27. The van der Waals surface area contributed by atoms with Crippen molar-refractivity contribution in [3.05, 3.63) is 28.8 Å². The van der Waals surface area contributed by atoms with E-state index >= 15 is 0 Å². The summed E-state index contributed by atoms with van der Waals surface area (Å²) in [7, 11) is 0. The molecule has 0 aliphatic carbocycles. The summed E-state index contributed by atoms with van der Waals surface area (Å²) >= 11 is 6.13. The second kappa shape index (κ2) is 9.39. The van der Waals surface area contributed by atoms with E-state index in [1.54, 1.807) is 9.80 Å². The number of hydrogen-bond acceptors (Lipinski definition) is 1. The first-order chi connectivity index (χ1) is 10.7. The smallest absolute Gasteiger partial charge is 0.127 e. The number of halogens is 1. The molecule has 2 rings (SSSR count). The molecule has 1 aromatic rings. The number of piperazine rings is 1. The summed E-state index contributed by atoms with van der Waals surface area (Å²) in [5.74, 6) is 0.953. The molecule has 0 amide bonds. The average Bonchev–Trinajstić information content (AvgIpc) is 2.56. The monoisotopic (exact) mass is 326 g/mol. The van der Waals surface area contributed by atoms with Crippen LogP contribution in [0.3, 0.4) is 0 Å². The molecule has 4 heteroatoms. The lowest BCUT2D eigenvalue weighted by atomic mass is 10.1. The molecule has 1 aromatic carbocycles. The van der Waals surface area contributed by atoms with E-state index in [0.717, 1.165) is 30.2 Å². The number of likely N-dealkylation sites (N-methyl/N-ethyl adjacent to an activating group) is 1. The Labute approximate surface area is 140 Å². The van der Waals surface area contributed by atoms with Crippen molar-refractivity contribution in [3.8, 4) is 5.75 Å². The minimum atomic E-state index is 0.810. The summed E-state index contributed by atoms with van der Waals surface area (Å²) in [6.07, 6.45) is 3.34. The van der Waals surface area contributed by atoms with Crippen molar-refractivity contribution in [2.75, 3.05) is 45.9 Å². The molecule has 3 nitrogen and oxygen atoms in total. The maximum Gasteiger partial charge on any atom is 0.127 e. The van der Waals surface area contributed by atoms with Gasteiger partial charge in [0, 0.05) is 5.02 Å². The van der Waals surface area contributed by atoms with Gasteiger partial charge in [0.15, 0.2) is 0 Å². The number of rotatable bonds is 8. The van der Waals surface area contributed by atoms with Crippen molar-refractivity contribution < 1.29 is 14.5 Å². The van der Waals surface area contributed by atoms with Gasteiger partial charge in [0.05, 0.1) is 19.7 Å². The van der Waals surface area contributed by atoms with Gasteiger partial charge in [0.25, 0.3) is 0 Å². The van der Waals surface area contributed by atoms with E-state index in [0.29, 0.717) is 0 Å². The molecular weight excluding hydrogens is 296 g/mol. The Morgan fingerprint density at radius 1 is 1.05 bits per heavy atom. The molecule has 1 saturated heterocycles. The Bertz CT molecular complexity index is 445. The fourth-order valence-corrected chi connectivity index (χ4v) is 3.39. The van der Waals surface area contributed by atoms with Gasteiger partial charge in [-0.3, -0.25) is 0 Å². The Morgan fingerprint density at radius 3 is 2.45 bits per heavy atom. The maximum atomic E-state index is 6.13. The summed E-state index contributed by atoms with van der Waals surface area (Å²) in [5.41, 5.74) is 1.17. The lowest BCUT2D eigenvalue weighted by Gasteiger charge is -2.28. The van der Waals surface area contributed by atoms with E-state index in [1.165, 1.54) is 51.3 Å². The highest BCUT2D eigenvalue weighted by Crippen LogP contribution is 2.22. The van der Waals surface area contributed by atoms with Crippen molar-refractivity contribution in [1.29, 1.82) is 0 Å². The standard InChI is InChI=1S/C18H29ClN2O/c1-3-16-15-17(7-8-18(16)19)22-14-6-5-9-21-12-10-20(4-2)11-13-21/h7-8,15H,3-6,9-14H2,1-2H3/p+2. The van der Waals surface area contributed by atoms with Crippen LogP contribution >= 0.6 is 11.6 Å². The molecule has 0 radical (unpaired) electrons. The third-order valence-electron chi connectivity index (χ3n) is 4.76. The summed E-state index contributed by atoms with van der Waals surface area (Å²) in [5, 5.41) is 0.840. The zero-order valence-electron chi connectivity index (χ0n) is 14.1. The van der Waals surface area contributed by atoms with Crippen LogP contribution in [0.15, 0.2) is 18.2 Å². The summed E-state index contributed by atoms with van der Waals surface area (Å²) in [4.78, 5) is 3.54. The molecule has 0 saturated carbocycles. The molecule has 0 atom stereocenters. The second-order valence-corrected chi connectivity index (χ2v) is 6.67. The maximum absolute atomic E-state index is 6.13. The van der Waals surface area contributed by atoms with Gasteiger partial charge in [0.2, 0.25) is 0 Å². The van der Waals surface area contributed by atoms with Crippen LogP contribution in [-0.2, 0) is 6.42 Å². The van der Waals surface area contributed by atoms with Crippen molar-refractivity contribution >= 4 is 11.6 Å². The van der Waals surface area contributed by atoms with Gasteiger partial charge in [0.1, 0.15) is 31.9 Å². The van der Waals surface area contributed by atoms with E-state index in [-0.39, 0.29) is 0 Å². The van der Waals surface area contributed by atoms with E-state index in [2.05, 4.69) is 19.9 Å². The fraction of sp³-hybridized carbons (Fsp3) is 0.667. The minimum Gasteiger partial charge on any atom is -0.494 e. The van der Waals surface area contributed by atoms with Gasteiger partial charge in [-0.25, -0.2) is 0 Å². The zero-order valence-corrected chi connectivity index (χ0v) is 14.8. The van der Waals surface area contributed by atoms with E-state index < -0.39 is 0 Å². The molecule has 0 aromatic heterocycles. The highest BCUT2D eigenvalue weighted by Gasteiger charge is 2.20.